The molecule has 0 saturated carbocycles. The number of phenols is 1. The molecule has 0 aromatic heterocycles. The number of phenolic OH excluding ortho intramolecular Hbond substituents is 1. The highest BCUT2D eigenvalue weighted by Crippen LogP contribution is 2.02. The highest BCUT2D eigenvalue weighted by Gasteiger charge is 1.75. The van der Waals surface area contributed by atoms with Crippen LogP contribution in [0, 0.1) is 6.92 Å². The summed E-state index contributed by atoms with van der Waals surface area (Å²) in [6.07, 6.45) is 0. The van der Waals surface area contributed by atoms with Crippen LogP contribution in [-0.4, -0.2) is 5.11 Å². The van der Waals surface area contributed by atoms with E-state index in [1.54, 1.807) is 24.3 Å². The second-order valence-electron chi connectivity index (χ2n) is 4.14. The summed E-state index contributed by atoms with van der Waals surface area (Å²) in [6.45, 7) is 2.08. The zero-order chi connectivity index (χ0) is 14.5. The summed E-state index contributed by atoms with van der Waals surface area (Å²) in [6, 6.07) is 31.0. The quantitative estimate of drug-likeness (QED) is 0.559. The lowest BCUT2D eigenvalue weighted by atomic mass is 10.2. The molecule has 0 spiro atoms. The first-order valence-corrected chi connectivity index (χ1v) is 6.54. The minimum absolute atomic E-state index is 0. The maximum Gasteiger partial charge on any atom is 0.115 e. The zero-order valence-electron chi connectivity index (χ0n) is 11.7. The van der Waals surface area contributed by atoms with Crippen molar-refractivity contribution in [3.8, 4) is 5.75 Å². The molecule has 0 atom stereocenters. The van der Waals surface area contributed by atoms with Crippen molar-refractivity contribution in [2.24, 2.45) is 0 Å². The smallest absolute Gasteiger partial charge is 0.115 e. The number of aryl methyl sites for hydroxylation is 1. The van der Waals surface area contributed by atoms with Crippen LogP contribution in [-0.2, 0) is 0 Å². The van der Waals surface area contributed by atoms with Crippen molar-refractivity contribution < 1.29 is 5.11 Å². The Morgan fingerprint density at radius 1 is 0.524 bits per heavy atom. The summed E-state index contributed by atoms with van der Waals surface area (Å²) in [4.78, 5) is 0. The molecular formula is C20H24O. The van der Waals surface area contributed by atoms with E-state index < -0.39 is 0 Å². The van der Waals surface area contributed by atoms with Crippen molar-refractivity contribution >= 4 is 0 Å². The van der Waals surface area contributed by atoms with Crippen LogP contribution < -0.4 is 0 Å². The summed E-state index contributed by atoms with van der Waals surface area (Å²) in [5, 5.41) is 8.63. The molecule has 0 heterocycles. The number of aromatic hydroxyl groups is 1. The molecule has 3 rings (SSSR count). The van der Waals surface area contributed by atoms with Crippen LogP contribution in [0.25, 0.3) is 0 Å². The SMILES string of the molecule is C.Cc1ccccc1.Oc1ccccc1.c1ccccc1. The van der Waals surface area contributed by atoms with Gasteiger partial charge in [-0.2, -0.15) is 0 Å². The molecule has 1 N–H and O–H groups in total. The van der Waals surface area contributed by atoms with E-state index in [9.17, 15) is 0 Å². The van der Waals surface area contributed by atoms with Crippen molar-refractivity contribution in [2.45, 2.75) is 14.4 Å². The predicted molar refractivity (Wildman–Crippen MR) is 92.5 cm³/mol. The maximum absolute atomic E-state index is 8.63. The summed E-state index contributed by atoms with van der Waals surface area (Å²) in [7, 11) is 0. The normalized spacial score (nSPS) is 8.05. The van der Waals surface area contributed by atoms with Crippen LogP contribution in [0.4, 0.5) is 0 Å². The van der Waals surface area contributed by atoms with E-state index in [2.05, 4.69) is 19.1 Å². The molecule has 1 nitrogen and oxygen atoms in total. The third-order valence-electron chi connectivity index (χ3n) is 2.36. The van der Waals surface area contributed by atoms with Crippen LogP contribution in [0.1, 0.15) is 13.0 Å². The first-order chi connectivity index (χ1) is 9.79. The Bertz CT molecular complexity index is 468. The molecule has 0 aliphatic heterocycles. The predicted octanol–water partition coefficient (Wildman–Crippen LogP) is 5.71. The second-order valence-corrected chi connectivity index (χ2v) is 4.14. The van der Waals surface area contributed by atoms with Crippen LogP contribution in [0.2, 0.25) is 0 Å². The highest BCUT2D eigenvalue weighted by atomic mass is 16.3. The van der Waals surface area contributed by atoms with Crippen molar-refractivity contribution in [2.75, 3.05) is 0 Å². The van der Waals surface area contributed by atoms with Crippen LogP contribution >= 0.6 is 0 Å². The van der Waals surface area contributed by atoms with Gasteiger partial charge in [0.05, 0.1) is 0 Å². The molecule has 0 bridgehead atoms. The standard InChI is InChI=1S/C7H8.C6H6O.C6H6.CH4/c1-7-5-3-2-4-6-7;7-6-4-2-1-3-5-6;1-2-4-6-5-3-1;/h2-6H,1H3;1-5,7H;1-6H;1H4. The molecule has 0 aliphatic carbocycles. The molecule has 0 radical (unpaired) electrons. The molecular weight excluding hydrogens is 256 g/mol. The molecule has 21 heavy (non-hydrogen) atoms. The number of benzene rings is 3. The van der Waals surface area contributed by atoms with Gasteiger partial charge in [0.15, 0.2) is 0 Å². The minimum atomic E-state index is 0. The topological polar surface area (TPSA) is 20.2 Å². The van der Waals surface area contributed by atoms with Crippen molar-refractivity contribution in [1.29, 1.82) is 0 Å². The van der Waals surface area contributed by atoms with Crippen LogP contribution in [0.3, 0.4) is 0 Å². The van der Waals surface area contributed by atoms with E-state index in [-0.39, 0.29) is 7.43 Å². The Labute approximate surface area is 128 Å². The van der Waals surface area contributed by atoms with Gasteiger partial charge in [-0.05, 0) is 19.1 Å². The van der Waals surface area contributed by atoms with E-state index in [0.29, 0.717) is 5.75 Å². The van der Waals surface area contributed by atoms with Gasteiger partial charge < -0.3 is 5.11 Å². The average Bonchev–Trinajstić information content (AvgIpc) is 2.52. The fourth-order valence-electron chi connectivity index (χ4n) is 1.35. The summed E-state index contributed by atoms with van der Waals surface area (Å²) < 4.78 is 0. The Balaban J connectivity index is 0.000000280. The molecule has 0 fully saturated rings. The van der Waals surface area contributed by atoms with Gasteiger partial charge in [0.25, 0.3) is 0 Å². The Hall–Kier alpha value is -2.54. The lowest BCUT2D eigenvalue weighted by molar-refractivity contribution is 0.475. The Kier molecular flexibility index (Phi) is 11.0. The molecule has 1 heteroatoms. The third-order valence-corrected chi connectivity index (χ3v) is 2.36. The van der Waals surface area contributed by atoms with E-state index in [1.807, 2.05) is 60.7 Å². The summed E-state index contributed by atoms with van der Waals surface area (Å²) >= 11 is 0. The van der Waals surface area contributed by atoms with E-state index in [0.717, 1.165) is 0 Å². The van der Waals surface area contributed by atoms with Gasteiger partial charge in [0.2, 0.25) is 0 Å². The number of rotatable bonds is 0. The third kappa shape index (κ3) is 11.0. The summed E-state index contributed by atoms with van der Waals surface area (Å²) in [5.74, 6) is 0.322. The molecule has 0 aliphatic rings. The first-order valence-electron chi connectivity index (χ1n) is 6.54. The molecule has 0 unspecified atom stereocenters. The monoisotopic (exact) mass is 280 g/mol. The van der Waals surface area contributed by atoms with E-state index >= 15 is 0 Å². The lowest BCUT2D eigenvalue weighted by Gasteiger charge is -1.82. The van der Waals surface area contributed by atoms with Crippen molar-refractivity contribution in [3.63, 3.8) is 0 Å². The average molecular weight is 280 g/mol. The van der Waals surface area contributed by atoms with Crippen molar-refractivity contribution in [1.82, 2.24) is 0 Å². The Morgan fingerprint density at radius 2 is 0.810 bits per heavy atom. The van der Waals surface area contributed by atoms with Crippen LogP contribution in [0.15, 0.2) is 97.1 Å². The molecule has 110 valence electrons. The second kappa shape index (κ2) is 12.5. The van der Waals surface area contributed by atoms with E-state index in [4.69, 9.17) is 5.11 Å². The van der Waals surface area contributed by atoms with Gasteiger partial charge in [-0.1, -0.05) is 97.9 Å². The molecule has 3 aromatic carbocycles. The summed E-state index contributed by atoms with van der Waals surface area (Å²) in [5.41, 5.74) is 1.32. The van der Waals surface area contributed by atoms with E-state index in [1.165, 1.54) is 5.56 Å². The fraction of sp³-hybridized carbons (Fsp3) is 0.100. The maximum atomic E-state index is 8.63. The van der Waals surface area contributed by atoms with Crippen LogP contribution in [0.5, 0.6) is 5.75 Å². The lowest BCUT2D eigenvalue weighted by Crippen LogP contribution is -1.62. The van der Waals surface area contributed by atoms with Gasteiger partial charge in [0.1, 0.15) is 5.75 Å². The molecule has 0 saturated heterocycles. The Morgan fingerprint density at radius 3 is 1.00 bits per heavy atom. The highest BCUT2D eigenvalue weighted by molar-refractivity contribution is 5.18. The van der Waals surface area contributed by atoms with Crippen molar-refractivity contribution in [3.05, 3.63) is 103 Å². The van der Waals surface area contributed by atoms with Gasteiger partial charge in [0, 0.05) is 0 Å². The number of para-hydroxylation sites is 1. The van der Waals surface area contributed by atoms with Gasteiger partial charge in [-0.3, -0.25) is 0 Å². The van der Waals surface area contributed by atoms with Gasteiger partial charge in [-0.15, -0.1) is 0 Å². The molecule has 3 aromatic rings. The first kappa shape index (κ1) is 18.5. The number of hydrogen-bond acceptors (Lipinski definition) is 1. The van der Waals surface area contributed by atoms with Gasteiger partial charge >= 0.3 is 0 Å². The minimum Gasteiger partial charge on any atom is -0.508 e. The van der Waals surface area contributed by atoms with Gasteiger partial charge in [-0.25, -0.2) is 0 Å². The largest absolute Gasteiger partial charge is 0.508 e. The zero-order valence-corrected chi connectivity index (χ0v) is 11.7. The number of hydrogen-bond donors (Lipinski definition) is 1. The fourth-order valence-corrected chi connectivity index (χ4v) is 1.35. The molecule has 0 amide bonds.